The molecule has 0 bridgehead atoms. The number of carbonyl (C=O) groups excluding carboxylic acids is 1. The van der Waals surface area contributed by atoms with E-state index in [0.717, 1.165) is 17.0 Å². The highest BCUT2D eigenvalue weighted by Crippen LogP contribution is 2.22. The SMILES string of the molecule is COC(=O)NS(=O)(=O)N1CCc2ccc(C(=O)O)cc2C1. The summed E-state index contributed by atoms with van der Waals surface area (Å²) in [6.07, 6.45) is -0.628. The number of nitrogens with zero attached hydrogens (tertiary/aromatic N) is 1. The van der Waals surface area contributed by atoms with E-state index in [9.17, 15) is 18.0 Å². The summed E-state index contributed by atoms with van der Waals surface area (Å²) in [7, 11) is -2.94. The summed E-state index contributed by atoms with van der Waals surface area (Å²) < 4.78 is 31.1. The van der Waals surface area contributed by atoms with Crippen LogP contribution in [-0.2, 0) is 27.9 Å². The highest BCUT2D eigenvalue weighted by Gasteiger charge is 2.28. The van der Waals surface area contributed by atoms with Gasteiger partial charge in [0.25, 0.3) is 0 Å². The minimum absolute atomic E-state index is 0.00276. The van der Waals surface area contributed by atoms with E-state index in [2.05, 4.69) is 4.74 Å². The second kappa shape index (κ2) is 5.70. The standard InChI is InChI=1S/C12H14N2O6S/c1-20-12(17)13-21(18,19)14-5-4-8-2-3-9(11(15)16)6-10(8)7-14/h2-3,6H,4-5,7H2,1H3,(H,13,17)(H,15,16). The highest BCUT2D eigenvalue weighted by molar-refractivity contribution is 7.87. The van der Waals surface area contributed by atoms with Gasteiger partial charge in [0.15, 0.2) is 0 Å². The van der Waals surface area contributed by atoms with Crippen molar-refractivity contribution in [2.24, 2.45) is 0 Å². The molecule has 0 aromatic heterocycles. The van der Waals surface area contributed by atoms with Crippen molar-refractivity contribution in [1.82, 2.24) is 9.03 Å². The lowest BCUT2D eigenvalue weighted by Crippen LogP contribution is -2.45. The number of ether oxygens (including phenoxy) is 1. The van der Waals surface area contributed by atoms with Gasteiger partial charge in [-0.3, -0.25) is 0 Å². The summed E-state index contributed by atoms with van der Waals surface area (Å²) in [5, 5.41) is 8.96. The molecule has 1 aromatic rings. The molecule has 9 heteroatoms. The van der Waals surface area contributed by atoms with Gasteiger partial charge in [-0.25, -0.2) is 14.3 Å². The molecule has 114 valence electrons. The molecule has 0 radical (unpaired) electrons. The van der Waals surface area contributed by atoms with Crippen LogP contribution >= 0.6 is 0 Å². The van der Waals surface area contributed by atoms with Crippen LogP contribution in [0.15, 0.2) is 18.2 Å². The molecule has 0 aliphatic carbocycles. The zero-order valence-corrected chi connectivity index (χ0v) is 12.0. The Morgan fingerprint density at radius 1 is 1.33 bits per heavy atom. The predicted molar refractivity (Wildman–Crippen MR) is 72.0 cm³/mol. The fourth-order valence-corrected chi connectivity index (χ4v) is 3.14. The van der Waals surface area contributed by atoms with Crippen molar-refractivity contribution in [2.75, 3.05) is 13.7 Å². The molecule has 1 amide bonds. The van der Waals surface area contributed by atoms with Crippen LogP contribution in [0.1, 0.15) is 21.5 Å². The Labute approximate surface area is 121 Å². The molecule has 1 heterocycles. The van der Waals surface area contributed by atoms with Gasteiger partial charge in [0.1, 0.15) is 0 Å². The van der Waals surface area contributed by atoms with Crippen LogP contribution in [-0.4, -0.2) is 43.5 Å². The second-order valence-corrected chi connectivity index (χ2v) is 6.14. The van der Waals surface area contributed by atoms with Crippen molar-refractivity contribution >= 4 is 22.3 Å². The van der Waals surface area contributed by atoms with Crippen LogP contribution < -0.4 is 4.72 Å². The third kappa shape index (κ3) is 3.31. The Morgan fingerprint density at radius 2 is 2.05 bits per heavy atom. The van der Waals surface area contributed by atoms with Gasteiger partial charge in [0.05, 0.1) is 12.7 Å². The zero-order chi connectivity index (χ0) is 15.6. The number of aromatic carboxylic acids is 1. The first kappa shape index (κ1) is 15.3. The van der Waals surface area contributed by atoms with Gasteiger partial charge in [0, 0.05) is 13.1 Å². The molecule has 8 nitrogen and oxygen atoms in total. The number of carbonyl (C=O) groups is 2. The molecule has 21 heavy (non-hydrogen) atoms. The number of fused-ring (bicyclic) bond motifs is 1. The maximum Gasteiger partial charge on any atom is 0.421 e. The molecular formula is C12H14N2O6S. The predicted octanol–water partition coefficient (Wildman–Crippen LogP) is 0.344. The first-order valence-corrected chi connectivity index (χ1v) is 7.48. The largest absolute Gasteiger partial charge is 0.478 e. The van der Waals surface area contributed by atoms with Gasteiger partial charge >= 0.3 is 22.3 Å². The van der Waals surface area contributed by atoms with E-state index in [1.54, 1.807) is 10.8 Å². The minimum atomic E-state index is -4.01. The van der Waals surface area contributed by atoms with Crippen LogP contribution in [0.25, 0.3) is 0 Å². The van der Waals surface area contributed by atoms with Crippen molar-refractivity contribution in [3.8, 4) is 0 Å². The van der Waals surface area contributed by atoms with E-state index in [0.29, 0.717) is 12.0 Å². The van der Waals surface area contributed by atoms with Gasteiger partial charge < -0.3 is 9.84 Å². The minimum Gasteiger partial charge on any atom is -0.478 e. The van der Waals surface area contributed by atoms with Crippen molar-refractivity contribution in [3.63, 3.8) is 0 Å². The Balaban J connectivity index is 2.23. The molecule has 0 atom stereocenters. The van der Waals surface area contributed by atoms with Crippen LogP contribution in [0, 0.1) is 0 Å². The smallest absolute Gasteiger partial charge is 0.421 e. The lowest BCUT2D eigenvalue weighted by molar-refractivity contribution is 0.0696. The molecule has 0 unspecified atom stereocenters. The van der Waals surface area contributed by atoms with Gasteiger partial charge in [-0.15, -0.1) is 0 Å². The number of carboxylic acid groups (broad SMARTS) is 1. The number of carboxylic acids is 1. The van der Waals surface area contributed by atoms with Crippen LogP contribution in [0.3, 0.4) is 0 Å². The topological polar surface area (TPSA) is 113 Å². The average Bonchev–Trinajstić information content (AvgIpc) is 2.45. The third-order valence-electron chi connectivity index (χ3n) is 3.17. The Hall–Kier alpha value is -2.13. The first-order chi connectivity index (χ1) is 9.83. The molecule has 1 aliphatic rings. The van der Waals surface area contributed by atoms with E-state index < -0.39 is 22.3 Å². The highest BCUT2D eigenvalue weighted by atomic mass is 32.2. The summed E-state index contributed by atoms with van der Waals surface area (Å²) in [5.41, 5.74) is 1.59. The Kier molecular flexibility index (Phi) is 4.14. The van der Waals surface area contributed by atoms with Crippen LogP contribution in [0.5, 0.6) is 0 Å². The van der Waals surface area contributed by atoms with E-state index in [1.807, 2.05) is 0 Å². The van der Waals surface area contributed by atoms with Crippen LogP contribution in [0.2, 0.25) is 0 Å². The summed E-state index contributed by atoms with van der Waals surface area (Å²) >= 11 is 0. The van der Waals surface area contributed by atoms with Crippen molar-refractivity contribution in [2.45, 2.75) is 13.0 Å². The third-order valence-corrected chi connectivity index (χ3v) is 4.58. The van der Waals surface area contributed by atoms with Gasteiger partial charge in [-0.05, 0) is 29.7 Å². The fraction of sp³-hybridized carbons (Fsp3) is 0.333. The first-order valence-electron chi connectivity index (χ1n) is 6.04. The molecule has 1 aromatic carbocycles. The summed E-state index contributed by atoms with van der Waals surface area (Å²) in [6, 6.07) is 4.60. The molecule has 0 saturated heterocycles. The normalized spacial score (nSPS) is 15.1. The summed E-state index contributed by atoms with van der Waals surface area (Å²) in [6.45, 7) is 0.203. The number of methoxy groups -OCH3 is 1. The van der Waals surface area contributed by atoms with E-state index in [4.69, 9.17) is 5.11 Å². The quantitative estimate of drug-likeness (QED) is 0.832. The van der Waals surface area contributed by atoms with E-state index in [-0.39, 0.29) is 18.7 Å². The van der Waals surface area contributed by atoms with Gasteiger partial charge in [-0.2, -0.15) is 12.7 Å². The Bertz CT molecular complexity index is 685. The van der Waals surface area contributed by atoms with Gasteiger partial charge in [-0.1, -0.05) is 6.07 Å². The number of hydrogen-bond acceptors (Lipinski definition) is 5. The lowest BCUT2D eigenvalue weighted by atomic mass is 9.99. The fourth-order valence-electron chi connectivity index (χ4n) is 2.08. The van der Waals surface area contributed by atoms with E-state index in [1.165, 1.54) is 12.1 Å². The second-order valence-electron chi connectivity index (χ2n) is 4.47. The summed E-state index contributed by atoms with van der Waals surface area (Å²) in [4.78, 5) is 22.0. The van der Waals surface area contributed by atoms with Gasteiger partial charge in [0.2, 0.25) is 0 Å². The maximum atomic E-state index is 12.0. The average molecular weight is 314 g/mol. The molecule has 0 saturated carbocycles. The number of amides is 1. The number of benzene rings is 1. The molecule has 1 aliphatic heterocycles. The molecule has 0 fully saturated rings. The lowest BCUT2D eigenvalue weighted by Gasteiger charge is -2.27. The number of nitrogens with one attached hydrogen (secondary N) is 1. The summed E-state index contributed by atoms with van der Waals surface area (Å²) in [5.74, 6) is -1.08. The molecule has 2 N–H and O–H groups in total. The van der Waals surface area contributed by atoms with Crippen molar-refractivity contribution < 1.29 is 27.9 Å². The van der Waals surface area contributed by atoms with Crippen LogP contribution in [0.4, 0.5) is 4.79 Å². The van der Waals surface area contributed by atoms with Crippen molar-refractivity contribution in [1.29, 1.82) is 0 Å². The molecule has 2 rings (SSSR count). The molecular weight excluding hydrogens is 300 g/mol. The van der Waals surface area contributed by atoms with Crippen molar-refractivity contribution in [3.05, 3.63) is 34.9 Å². The van der Waals surface area contributed by atoms with E-state index >= 15 is 0 Å². The number of hydrogen-bond donors (Lipinski definition) is 2. The number of rotatable bonds is 3. The molecule has 0 spiro atoms. The monoisotopic (exact) mass is 314 g/mol. The maximum absolute atomic E-state index is 12.0. The Morgan fingerprint density at radius 3 is 2.67 bits per heavy atom. The zero-order valence-electron chi connectivity index (χ0n) is 11.2.